The molecule has 0 atom stereocenters. The molecule has 2 aromatic rings. The number of nitrogens with zero attached hydrogens (tertiary/aromatic N) is 1. The minimum atomic E-state index is -1.07. The third kappa shape index (κ3) is 2.52. The molecule has 0 amide bonds. The standard InChI is InChI=1S/C14H13ClFNO/c1-14(2,18)10-8-17-13(7-11(10)15)9-5-3-4-6-12(9)16/h3-8,18H,1-2H3. The molecule has 1 aromatic heterocycles. The van der Waals surface area contributed by atoms with Crippen molar-refractivity contribution in [3.8, 4) is 11.3 Å². The average Bonchev–Trinajstić information content (AvgIpc) is 2.27. The Hall–Kier alpha value is -1.45. The SMILES string of the molecule is CC(C)(O)c1cnc(-c2ccccc2F)cc1Cl. The Bertz CT molecular complexity index is 578. The van der Waals surface area contributed by atoms with Gasteiger partial charge in [0.25, 0.3) is 0 Å². The van der Waals surface area contributed by atoms with Gasteiger partial charge >= 0.3 is 0 Å². The van der Waals surface area contributed by atoms with Gasteiger partial charge in [0.2, 0.25) is 0 Å². The predicted octanol–water partition coefficient (Wildman–Crippen LogP) is 3.77. The highest BCUT2D eigenvalue weighted by atomic mass is 35.5. The Kier molecular flexibility index (Phi) is 3.37. The maximum Gasteiger partial charge on any atom is 0.132 e. The van der Waals surface area contributed by atoms with Gasteiger partial charge in [-0.15, -0.1) is 0 Å². The molecule has 18 heavy (non-hydrogen) atoms. The summed E-state index contributed by atoms with van der Waals surface area (Å²) in [4.78, 5) is 4.15. The largest absolute Gasteiger partial charge is 0.386 e. The van der Waals surface area contributed by atoms with Crippen molar-refractivity contribution in [1.29, 1.82) is 0 Å². The molecule has 0 spiro atoms. The van der Waals surface area contributed by atoms with Crippen LogP contribution in [0, 0.1) is 5.82 Å². The topological polar surface area (TPSA) is 33.1 Å². The van der Waals surface area contributed by atoms with E-state index in [9.17, 15) is 9.50 Å². The highest BCUT2D eigenvalue weighted by molar-refractivity contribution is 6.31. The lowest BCUT2D eigenvalue weighted by molar-refractivity contribution is 0.0784. The number of hydrogen-bond acceptors (Lipinski definition) is 2. The van der Waals surface area contributed by atoms with Gasteiger partial charge in [0.1, 0.15) is 5.82 Å². The Balaban J connectivity index is 2.51. The summed E-state index contributed by atoms with van der Waals surface area (Å²) in [7, 11) is 0. The van der Waals surface area contributed by atoms with Crippen LogP contribution in [-0.4, -0.2) is 10.1 Å². The van der Waals surface area contributed by atoms with Crippen LogP contribution in [0.5, 0.6) is 0 Å². The minimum Gasteiger partial charge on any atom is -0.386 e. The zero-order chi connectivity index (χ0) is 13.3. The van der Waals surface area contributed by atoms with Crippen molar-refractivity contribution >= 4 is 11.6 Å². The molecule has 4 heteroatoms. The molecule has 1 N–H and O–H groups in total. The summed E-state index contributed by atoms with van der Waals surface area (Å²) in [6, 6.07) is 7.92. The van der Waals surface area contributed by atoms with Crippen LogP contribution in [-0.2, 0) is 5.60 Å². The van der Waals surface area contributed by atoms with Gasteiger partial charge in [0.15, 0.2) is 0 Å². The lowest BCUT2D eigenvalue weighted by atomic mass is 9.99. The first-order chi connectivity index (χ1) is 8.39. The predicted molar refractivity (Wildman–Crippen MR) is 69.9 cm³/mol. The molecular formula is C14H13ClFNO. The van der Waals surface area contributed by atoms with Gasteiger partial charge in [-0.25, -0.2) is 4.39 Å². The van der Waals surface area contributed by atoms with Crippen LogP contribution in [0.2, 0.25) is 5.02 Å². The summed E-state index contributed by atoms with van der Waals surface area (Å²) in [5.41, 5.74) is 0.287. The van der Waals surface area contributed by atoms with Crippen molar-refractivity contribution in [2.45, 2.75) is 19.4 Å². The Morgan fingerprint density at radius 1 is 1.28 bits per heavy atom. The summed E-state index contributed by atoms with van der Waals surface area (Å²) in [6.07, 6.45) is 1.48. The summed E-state index contributed by atoms with van der Waals surface area (Å²) < 4.78 is 13.6. The van der Waals surface area contributed by atoms with Crippen molar-refractivity contribution in [3.63, 3.8) is 0 Å². The van der Waals surface area contributed by atoms with Crippen LogP contribution in [0.1, 0.15) is 19.4 Å². The average molecular weight is 266 g/mol. The van der Waals surface area contributed by atoms with Gasteiger partial charge in [-0.2, -0.15) is 0 Å². The minimum absolute atomic E-state index is 0.350. The monoisotopic (exact) mass is 265 g/mol. The van der Waals surface area contributed by atoms with Crippen molar-refractivity contribution in [2.24, 2.45) is 0 Å². The first-order valence-electron chi connectivity index (χ1n) is 5.53. The smallest absolute Gasteiger partial charge is 0.132 e. The maximum atomic E-state index is 13.6. The van der Waals surface area contributed by atoms with E-state index in [1.807, 2.05) is 0 Å². The van der Waals surface area contributed by atoms with Crippen molar-refractivity contribution in [1.82, 2.24) is 4.98 Å². The molecular weight excluding hydrogens is 253 g/mol. The van der Waals surface area contributed by atoms with Crippen molar-refractivity contribution < 1.29 is 9.50 Å². The van der Waals surface area contributed by atoms with Crippen molar-refractivity contribution in [3.05, 3.63) is 52.9 Å². The first kappa shape index (κ1) is 13.0. The number of benzene rings is 1. The molecule has 0 aliphatic heterocycles. The second kappa shape index (κ2) is 4.67. The molecule has 2 nitrogen and oxygen atoms in total. The molecule has 2 rings (SSSR count). The second-order valence-electron chi connectivity index (χ2n) is 4.59. The van der Waals surface area contributed by atoms with Crippen LogP contribution in [0.3, 0.4) is 0 Å². The second-order valence-corrected chi connectivity index (χ2v) is 5.00. The molecule has 0 bridgehead atoms. The highest BCUT2D eigenvalue weighted by Gasteiger charge is 2.20. The fourth-order valence-electron chi connectivity index (χ4n) is 1.70. The van der Waals surface area contributed by atoms with E-state index in [1.54, 1.807) is 38.1 Å². The lowest BCUT2D eigenvalue weighted by Gasteiger charge is -2.19. The van der Waals surface area contributed by atoms with E-state index in [2.05, 4.69) is 4.98 Å². The molecule has 0 radical (unpaired) electrons. The molecule has 0 fully saturated rings. The Morgan fingerprint density at radius 3 is 2.50 bits per heavy atom. The maximum absolute atomic E-state index is 13.6. The van der Waals surface area contributed by atoms with Crippen LogP contribution < -0.4 is 0 Å². The number of pyridine rings is 1. The summed E-state index contributed by atoms with van der Waals surface area (Å²) >= 11 is 6.09. The lowest BCUT2D eigenvalue weighted by Crippen LogP contribution is -2.16. The fraction of sp³-hybridized carbons (Fsp3) is 0.214. The Labute approximate surface area is 110 Å². The molecule has 0 aliphatic rings. The molecule has 0 aliphatic carbocycles. The molecule has 0 saturated heterocycles. The van der Waals surface area contributed by atoms with Gasteiger partial charge in [0.05, 0.1) is 16.3 Å². The van der Waals surface area contributed by atoms with Crippen LogP contribution in [0.15, 0.2) is 36.5 Å². The van der Waals surface area contributed by atoms with Crippen LogP contribution >= 0.6 is 11.6 Å². The zero-order valence-electron chi connectivity index (χ0n) is 10.1. The third-order valence-corrected chi connectivity index (χ3v) is 2.98. The molecule has 1 heterocycles. The Morgan fingerprint density at radius 2 is 1.94 bits per heavy atom. The van der Waals surface area contributed by atoms with Gasteiger partial charge in [-0.3, -0.25) is 4.98 Å². The van der Waals surface area contributed by atoms with E-state index in [4.69, 9.17) is 11.6 Å². The fourth-order valence-corrected chi connectivity index (χ4v) is 2.08. The summed E-state index contributed by atoms with van der Waals surface area (Å²) in [5, 5.41) is 10.3. The highest BCUT2D eigenvalue weighted by Crippen LogP contribution is 2.30. The normalized spacial score (nSPS) is 11.6. The van der Waals surface area contributed by atoms with E-state index < -0.39 is 5.60 Å². The van der Waals surface area contributed by atoms with E-state index >= 15 is 0 Å². The van der Waals surface area contributed by atoms with E-state index in [0.29, 0.717) is 21.8 Å². The van der Waals surface area contributed by atoms with E-state index in [1.165, 1.54) is 12.3 Å². The van der Waals surface area contributed by atoms with Gasteiger partial charge in [-0.1, -0.05) is 23.7 Å². The number of halogens is 2. The molecule has 94 valence electrons. The number of aliphatic hydroxyl groups is 1. The number of rotatable bonds is 2. The van der Waals surface area contributed by atoms with Crippen molar-refractivity contribution in [2.75, 3.05) is 0 Å². The number of hydrogen-bond donors (Lipinski definition) is 1. The van der Waals surface area contributed by atoms with E-state index in [-0.39, 0.29) is 5.82 Å². The third-order valence-electron chi connectivity index (χ3n) is 2.66. The number of aromatic nitrogens is 1. The van der Waals surface area contributed by atoms with Gasteiger partial charge < -0.3 is 5.11 Å². The van der Waals surface area contributed by atoms with Crippen LogP contribution in [0.4, 0.5) is 4.39 Å². The quantitative estimate of drug-likeness (QED) is 0.897. The summed E-state index contributed by atoms with van der Waals surface area (Å²) in [6.45, 7) is 3.25. The van der Waals surface area contributed by atoms with Gasteiger partial charge in [0, 0.05) is 17.3 Å². The van der Waals surface area contributed by atoms with Crippen LogP contribution in [0.25, 0.3) is 11.3 Å². The molecule has 1 aromatic carbocycles. The van der Waals surface area contributed by atoms with Gasteiger partial charge in [-0.05, 0) is 32.0 Å². The molecule has 0 saturated carbocycles. The summed E-state index contributed by atoms with van der Waals surface area (Å²) in [5.74, 6) is -0.350. The van der Waals surface area contributed by atoms with E-state index in [0.717, 1.165) is 0 Å². The first-order valence-corrected chi connectivity index (χ1v) is 5.90. The molecule has 0 unspecified atom stereocenters. The zero-order valence-corrected chi connectivity index (χ0v) is 10.9.